The first-order valence-electron chi connectivity index (χ1n) is 6.86. The number of likely N-dealkylation sites (N-methyl/N-ethyl adjacent to an activating group) is 1. The van der Waals surface area contributed by atoms with Gasteiger partial charge >= 0.3 is 0 Å². The van der Waals surface area contributed by atoms with Crippen molar-refractivity contribution in [2.75, 3.05) is 26.7 Å². The van der Waals surface area contributed by atoms with Gasteiger partial charge in [0.25, 0.3) is 0 Å². The van der Waals surface area contributed by atoms with Crippen molar-refractivity contribution in [2.45, 2.75) is 31.3 Å². The molecule has 0 radical (unpaired) electrons. The molecule has 0 aliphatic carbocycles. The number of rotatable bonds is 3. The zero-order valence-electron chi connectivity index (χ0n) is 11.1. The molecule has 3 heterocycles. The van der Waals surface area contributed by atoms with E-state index >= 15 is 0 Å². The first kappa shape index (κ1) is 13.6. The van der Waals surface area contributed by atoms with Crippen LogP contribution in [0.2, 0.25) is 4.34 Å². The number of ketones is 1. The molecule has 2 unspecified atom stereocenters. The quantitative estimate of drug-likeness (QED) is 0.802. The van der Waals surface area contributed by atoms with E-state index in [0.29, 0.717) is 16.9 Å². The topological polar surface area (TPSA) is 23.6 Å². The van der Waals surface area contributed by atoms with Crippen LogP contribution in [-0.2, 0) is 0 Å². The number of likely N-dealkylation sites (tertiary alicyclic amines) is 1. The molecule has 2 fully saturated rings. The highest BCUT2D eigenvalue weighted by atomic mass is 35.5. The van der Waals surface area contributed by atoms with Crippen LogP contribution in [0.3, 0.4) is 0 Å². The van der Waals surface area contributed by atoms with Crippen LogP contribution in [0.25, 0.3) is 0 Å². The normalized spacial score (nSPS) is 28.5. The van der Waals surface area contributed by atoms with Gasteiger partial charge in [0.15, 0.2) is 5.78 Å². The van der Waals surface area contributed by atoms with Crippen LogP contribution < -0.4 is 0 Å². The van der Waals surface area contributed by atoms with Crippen LogP contribution in [0.1, 0.15) is 28.9 Å². The molecular weight excluding hydrogens is 280 g/mol. The summed E-state index contributed by atoms with van der Waals surface area (Å²) in [7, 11) is 2.23. The Balaban J connectivity index is 1.63. The lowest BCUT2D eigenvalue weighted by atomic mass is 10.1. The summed E-state index contributed by atoms with van der Waals surface area (Å²) in [5.74, 6) is 0.206. The Kier molecular flexibility index (Phi) is 3.94. The van der Waals surface area contributed by atoms with Crippen molar-refractivity contribution in [3.05, 3.63) is 21.3 Å². The third-order valence-corrected chi connectivity index (χ3v) is 5.72. The van der Waals surface area contributed by atoms with Crippen LogP contribution in [0.15, 0.2) is 12.1 Å². The molecule has 2 atom stereocenters. The minimum Gasteiger partial charge on any atom is -0.299 e. The second-order valence-corrected chi connectivity index (χ2v) is 7.32. The van der Waals surface area contributed by atoms with E-state index in [1.54, 1.807) is 6.07 Å². The fourth-order valence-electron chi connectivity index (χ4n) is 3.27. The molecular formula is C14H19ClN2OS. The molecule has 2 aliphatic heterocycles. The highest BCUT2D eigenvalue weighted by Crippen LogP contribution is 2.29. The Hall–Kier alpha value is -0.420. The standard InChI is InChI=1S/C14H19ClN2OS/c1-16-10-2-3-11(16)8-17(7-6-10)9-12(18)13-4-5-14(15)19-13/h4-5,10-11H,2-3,6-9H2,1H3. The van der Waals surface area contributed by atoms with Gasteiger partial charge in [-0.3, -0.25) is 14.6 Å². The van der Waals surface area contributed by atoms with Crippen molar-refractivity contribution in [3.8, 4) is 0 Å². The average Bonchev–Trinajstić information content (AvgIpc) is 2.88. The first-order chi connectivity index (χ1) is 9.13. The lowest BCUT2D eigenvalue weighted by Gasteiger charge is -2.24. The molecule has 19 heavy (non-hydrogen) atoms. The van der Waals surface area contributed by atoms with Gasteiger partial charge in [0, 0.05) is 25.2 Å². The van der Waals surface area contributed by atoms with Crippen LogP contribution in [0.4, 0.5) is 0 Å². The SMILES string of the molecule is CN1C2CCC1CN(CC(=O)c1ccc(Cl)s1)CC2. The molecule has 1 aromatic rings. The minimum atomic E-state index is 0.206. The van der Waals surface area contributed by atoms with Crippen molar-refractivity contribution in [3.63, 3.8) is 0 Å². The lowest BCUT2D eigenvalue weighted by Crippen LogP contribution is -2.38. The van der Waals surface area contributed by atoms with Gasteiger partial charge in [-0.05, 0) is 38.4 Å². The summed E-state index contributed by atoms with van der Waals surface area (Å²) in [6, 6.07) is 5.00. The maximum absolute atomic E-state index is 12.2. The fraction of sp³-hybridized carbons (Fsp3) is 0.643. The first-order valence-corrected chi connectivity index (χ1v) is 8.06. The molecule has 3 nitrogen and oxygen atoms in total. The van der Waals surface area contributed by atoms with Gasteiger partial charge in [0.2, 0.25) is 0 Å². The highest BCUT2D eigenvalue weighted by molar-refractivity contribution is 7.18. The number of Topliss-reactive ketones (excluding diaryl/α,β-unsaturated/α-hetero) is 1. The van der Waals surface area contributed by atoms with Gasteiger partial charge in [-0.2, -0.15) is 0 Å². The molecule has 0 spiro atoms. The van der Waals surface area contributed by atoms with Crippen molar-refractivity contribution >= 4 is 28.7 Å². The second kappa shape index (κ2) is 5.52. The Labute approximate surface area is 123 Å². The largest absolute Gasteiger partial charge is 0.299 e. The summed E-state index contributed by atoms with van der Waals surface area (Å²) in [6.07, 6.45) is 3.78. The van der Waals surface area contributed by atoms with Crippen molar-refractivity contribution < 1.29 is 4.79 Å². The lowest BCUT2D eigenvalue weighted by molar-refractivity contribution is 0.0927. The second-order valence-electron chi connectivity index (χ2n) is 5.60. The maximum Gasteiger partial charge on any atom is 0.186 e. The van der Waals surface area contributed by atoms with Gasteiger partial charge < -0.3 is 0 Å². The van der Waals surface area contributed by atoms with E-state index in [2.05, 4.69) is 16.8 Å². The highest BCUT2D eigenvalue weighted by Gasteiger charge is 2.34. The van der Waals surface area contributed by atoms with E-state index in [-0.39, 0.29) is 5.78 Å². The summed E-state index contributed by atoms with van der Waals surface area (Å²) in [5.41, 5.74) is 0. The van der Waals surface area contributed by atoms with E-state index in [0.717, 1.165) is 24.0 Å². The molecule has 0 N–H and O–H groups in total. The number of nitrogens with zero attached hydrogens (tertiary/aromatic N) is 2. The van der Waals surface area contributed by atoms with Crippen LogP contribution in [0, 0.1) is 0 Å². The fourth-order valence-corrected chi connectivity index (χ4v) is 4.24. The van der Waals surface area contributed by atoms with E-state index < -0.39 is 0 Å². The van der Waals surface area contributed by atoms with Gasteiger partial charge in [-0.25, -0.2) is 0 Å². The minimum absolute atomic E-state index is 0.206. The van der Waals surface area contributed by atoms with Crippen molar-refractivity contribution in [2.24, 2.45) is 0 Å². The summed E-state index contributed by atoms with van der Waals surface area (Å²) in [5, 5.41) is 0. The molecule has 2 aliphatic rings. The number of halogens is 1. The molecule has 2 bridgehead atoms. The molecule has 0 amide bonds. The number of hydrogen-bond donors (Lipinski definition) is 0. The molecule has 0 saturated carbocycles. The number of thiophene rings is 1. The summed E-state index contributed by atoms with van der Waals surface area (Å²) >= 11 is 7.27. The Bertz CT molecular complexity index is 476. The van der Waals surface area contributed by atoms with Gasteiger partial charge in [0.05, 0.1) is 15.8 Å². The van der Waals surface area contributed by atoms with Crippen LogP contribution in [-0.4, -0.2) is 54.3 Å². The Morgan fingerprint density at radius 1 is 1.37 bits per heavy atom. The monoisotopic (exact) mass is 298 g/mol. The third kappa shape index (κ3) is 2.87. The summed E-state index contributed by atoms with van der Waals surface area (Å²) in [6.45, 7) is 2.60. The zero-order chi connectivity index (χ0) is 13.4. The molecule has 2 saturated heterocycles. The van der Waals surface area contributed by atoms with E-state index in [4.69, 9.17) is 11.6 Å². The van der Waals surface area contributed by atoms with Crippen molar-refractivity contribution in [1.82, 2.24) is 9.80 Å². The zero-order valence-corrected chi connectivity index (χ0v) is 12.7. The van der Waals surface area contributed by atoms with Gasteiger partial charge in [0.1, 0.15) is 0 Å². The van der Waals surface area contributed by atoms with E-state index in [9.17, 15) is 4.79 Å². The molecule has 104 valence electrons. The van der Waals surface area contributed by atoms with Crippen LogP contribution >= 0.6 is 22.9 Å². The number of carbonyl (C=O) groups is 1. The predicted octanol–water partition coefficient (Wildman–Crippen LogP) is 2.75. The number of fused-ring (bicyclic) bond motifs is 2. The molecule has 5 heteroatoms. The molecule has 3 rings (SSSR count). The summed E-state index contributed by atoms with van der Waals surface area (Å²) < 4.78 is 0.693. The maximum atomic E-state index is 12.2. The van der Waals surface area contributed by atoms with E-state index in [1.807, 2.05) is 6.07 Å². The number of hydrogen-bond acceptors (Lipinski definition) is 4. The predicted molar refractivity (Wildman–Crippen MR) is 79.3 cm³/mol. The molecule has 0 aromatic carbocycles. The number of carbonyl (C=O) groups excluding carboxylic acids is 1. The Morgan fingerprint density at radius 2 is 2.16 bits per heavy atom. The molecule has 1 aromatic heterocycles. The van der Waals surface area contributed by atoms with E-state index in [1.165, 1.54) is 30.6 Å². The van der Waals surface area contributed by atoms with Gasteiger partial charge in [-0.15, -0.1) is 11.3 Å². The smallest absolute Gasteiger partial charge is 0.186 e. The van der Waals surface area contributed by atoms with Gasteiger partial charge in [-0.1, -0.05) is 11.6 Å². The van der Waals surface area contributed by atoms with Crippen LogP contribution in [0.5, 0.6) is 0 Å². The Morgan fingerprint density at radius 3 is 2.89 bits per heavy atom. The third-order valence-electron chi connectivity index (χ3n) is 4.45. The summed E-state index contributed by atoms with van der Waals surface area (Å²) in [4.78, 5) is 17.8. The average molecular weight is 299 g/mol. The van der Waals surface area contributed by atoms with Crippen molar-refractivity contribution in [1.29, 1.82) is 0 Å².